The Kier molecular flexibility index (Phi) is 5.93. The molecule has 1 aliphatic rings. The highest BCUT2D eigenvalue weighted by Gasteiger charge is 2.55. The molecule has 1 saturated heterocycles. The summed E-state index contributed by atoms with van der Waals surface area (Å²) >= 11 is 5.82. The Morgan fingerprint density at radius 3 is 2.13 bits per heavy atom. The minimum atomic E-state index is -4.24. The number of carbonyl (C=O) groups excluding carboxylic acids is 1. The Balaban J connectivity index is 1.86. The molecule has 2 aromatic rings. The summed E-state index contributed by atoms with van der Waals surface area (Å²) in [5.41, 5.74) is 2.46. The molecular weight excluding hydrogens is 436 g/mol. The number of piperidine rings is 1. The highest BCUT2D eigenvalue weighted by atomic mass is 35.5. The summed E-state index contributed by atoms with van der Waals surface area (Å²) in [4.78, 5) is 23.8. The highest BCUT2D eigenvalue weighted by molar-refractivity contribution is 7.92. The first-order valence-corrected chi connectivity index (χ1v) is 10.7. The third kappa shape index (κ3) is 4.20. The van der Waals surface area contributed by atoms with Crippen LogP contribution < -0.4 is 10.5 Å². The Morgan fingerprint density at radius 1 is 1.10 bits per heavy atom. The number of ether oxygens (including phenoxy) is 1. The van der Waals surface area contributed by atoms with E-state index in [1.165, 1.54) is 24.3 Å². The molecule has 0 radical (unpaired) electrons. The molecule has 0 aliphatic carbocycles. The van der Waals surface area contributed by atoms with E-state index < -0.39 is 39.2 Å². The lowest BCUT2D eigenvalue weighted by Gasteiger charge is -2.40. The molecule has 0 aromatic heterocycles. The van der Waals surface area contributed by atoms with Crippen LogP contribution in [-0.2, 0) is 14.6 Å². The second kappa shape index (κ2) is 8.13. The number of rotatable bonds is 5. The number of amides is 2. The molecule has 1 fully saturated rings. The summed E-state index contributed by atoms with van der Waals surface area (Å²) in [5.74, 6) is -0.896. The number of hydrogen-bond donors (Lipinski definition) is 3. The number of carboxylic acid groups (broad SMARTS) is 1. The van der Waals surface area contributed by atoms with Crippen molar-refractivity contribution in [1.82, 2.24) is 4.90 Å². The van der Waals surface area contributed by atoms with Crippen molar-refractivity contribution in [2.45, 2.75) is 22.2 Å². The molecule has 0 spiro atoms. The largest absolute Gasteiger partial charge is 0.479 e. The number of benzene rings is 2. The van der Waals surface area contributed by atoms with Gasteiger partial charge in [0.15, 0.2) is 15.4 Å². The minimum absolute atomic E-state index is 0.0907. The van der Waals surface area contributed by atoms with Gasteiger partial charge in [0.25, 0.3) is 0 Å². The predicted octanol–water partition coefficient (Wildman–Crippen LogP) is 1.87. The van der Waals surface area contributed by atoms with E-state index in [2.05, 4.69) is 0 Å². The summed E-state index contributed by atoms with van der Waals surface area (Å²) in [6.45, 7) is -0.814. The van der Waals surface area contributed by atoms with Gasteiger partial charge < -0.3 is 25.6 Å². The van der Waals surface area contributed by atoms with Gasteiger partial charge in [0.2, 0.25) is 0 Å². The average Bonchev–Trinajstić information content (AvgIpc) is 2.69. The Bertz CT molecular complexity index is 1060. The number of nitrogens with two attached hydrogens (primary N) is 1. The maximum Gasteiger partial charge on any atom is 0.338 e. The van der Waals surface area contributed by atoms with E-state index in [9.17, 15) is 28.2 Å². The van der Waals surface area contributed by atoms with E-state index in [1.807, 2.05) is 0 Å². The molecule has 11 heteroatoms. The summed E-state index contributed by atoms with van der Waals surface area (Å²) in [7, 11) is -4.24. The van der Waals surface area contributed by atoms with Gasteiger partial charge in [0.1, 0.15) is 16.7 Å². The summed E-state index contributed by atoms with van der Waals surface area (Å²) in [6.07, 6.45) is -0.281. The first kappa shape index (κ1) is 21.9. The van der Waals surface area contributed by atoms with E-state index >= 15 is 0 Å². The summed E-state index contributed by atoms with van der Waals surface area (Å²) in [6, 6.07) is 11.0. The molecule has 2 amide bonds. The van der Waals surface area contributed by atoms with Gasteiger partial charge in [-0.05, 0) is 55.0 Å². The average molecular weight is 455 g/mol. The van der Waals surface area contributed by atoms with Crippen molar-refractivity contribution in [3.63, 3.8) is 0 Å². The number of nitrogens with zero attached hydrogens (tertiary/aromatic N) is 1. The second-order valence-electron chi connectivity index (χ2n) is 6.84. The van der Waals surface area contributed by atoms with Gasteiger partial charge >= 0.3 is 12.0 Å². The van der Waals surface area contributed by atoms with Gasteiger partial charge in [-0.1, -0.05) is 11.6 Å². The first-order valence-electron chi connectivity index (χ1n) is 8.81. The normalized spacial score (nSPS) is 21.8. The highest BCUT2D eigenvalue weighted by Crippen LogP contribution is 2.33. The third-order valence-electron chi connectivity index (χ3n) is 4.88. The fourth-order valence-electron chi connectivity index (χ4n) is 3.29. The van der Waals surface area contributed by atoms with Crippen LogP contribution in [-0.4, -0.2) is 59.5 Å². The van der Waals surface area contributed by atoms with Gasteiger partial charge in [-0.2, -0.15) is 0 Å². The molecule has 9 nitrogen and oxygen atoms in total. The number of β-amino-alcohol motifs (C(OH)–C–C–N with tert-alkyl or cyclic N) is 1. The summed E-state index contributed by atoms with van der Waals surface area (Å²) in [5, 5.41) is 19.0. The fraction of sp³-hybridized carbons (Fsp3) is 0.263. The Labute approximate surface area is 177 Å². The monoisotopic (exact) mass is 454 g/mol. The zero-order valence-electron chi connectivity index (χ0n) is 15.6. The number of primary amides is 1. The number of aliphatic carboxylic acids is 1. The maximum absolute atomic E-state index is 13.1. The number of urea groups is 1. The van der Waals surface area contributed by atoms with E-state index in [0.717, 1.165) is 4.90 Å². The zero-order valence-corrected chi connectivity index (χ0v) is 17.1. The standard InChI is InChI=1S/C19H19ClN2O7S/c20-12-1-3-13(4-2-12)29-14-5-7-15(8-6-14)30(27,28)16-9-10-22(18(21)25)11-19(16,26)17(23)24/h1-8,16,26H,9-11H2,(H2,21,25)(H,23,24). The molecule has 1 heterocycles. The molecule has 1 aliphatic heterocycles. The van der Waals surface area contributed by atoms with Crippen molar-refractivity contribution < 1.29 is 33.0 Å². The number of carboxylic acids is 1. The molecule has 3 rings (SSSR count). The van der Waals surface area contributed by atoms with Crippen molar-refractivity contribution in [3.05, 3.63) is 53.6 Å². The van der Waals surface area contributed by atoms with Crippen molar-refractivity contribution in [3.8, 4) is 11.5 Å². The maximum atomic E-state index is 13.1. The van der Waals surface area contributed by atoms with Crippen LogP contribution in [0.4, 0.5) is 4.79 Å². The molecule has 160 valence electrons. The number of carbonyl (C=O) groups is 2. The van der Waals surface area contributed by atoms with E-state index in [-0.39, 0.29) is 17.9 Å². The minimum Gasteiger partial charge on any atom is -0.479 e. The van der Waals surface area contributed by atoms with Crippen LogP contribution in [0.1, 0.15) is 6.42 Å². The van der Waals surface area contributed by atoms with Crippen LogP contribution in [0.2, 0.25) is 5.02 Å². The van der Waals surface area contributed by atoms with Gasteiger partial charge in [-0.3, -0.25) is 0 Å². The Morgan fingerprint density at radius 2 is 1.63 bits per heavy atom. The van der Waals surface area contributed by atoms with Crippen LogP contribution in [0.5, 0.6) is 11.5 Å². The van der Waals surface area contributed by atoms with Crippen molar-refractivity contribution in [2.24, 2.45) is 5.73 Å². The molecule has 30 heavy (non-hydrogen) atoms. The van der Waals surface area contributed by atoms with Crippen molar-refractivity contribution in [1.29, 1.82) is 0 Å². The predicted molar refractivity (Wildman–Crippen MR) is 107 cm³/mol. The van der Waals surface area contributed by atoms with Gasteiger partial charge in [0, 0.05) is 11.6 Å². The number of aliphatic hydroxyl groups is 1. The van der Waals surface area contributed by atoms with Crippen LogP contribution >= 0.6 is 11.6 Å². The van der Waals surface area contributed by atoms with E-state index in [1.54, 1.807) is 24.3 Å². The van der Waals surface area contributed by atoms with Gasteiger partial charge in [-0.15, -0.1) is 0 Å². The lowest BCUT2D eigenvalue weighted by molar-refractivity contribution is -0.162. The lowest BCUT2D eigenvalue weighted by atomic mass is 9.92. The third-order valence-corrected chi connectivity index (χ3v) is 7.44. The lowest BCUT2D eigenvalue weighted by Crippen LogP contribution is -2.65. The van der Waals surface area contributed by atoms with Gasteiger partial charge in [-0.25, -0.2) is 18.0 Å². The number of halogens is 1. The molecule has 0 bridgehead atoms. The number of hydrogen-bond acceptors (Lipinski definition) is 6. The smallest absolute Gasteiger partial charge is 0.338 e. The van der Waals surface area contributed by atoms with Gasteiger partial charge in [0.05, 0.1) is 11.4 Å². The molecular formula is C19H19ClN2O7S. The van der Waals surface area contributed by atoms with Crippen LogP contribution in [0, 0.1) is 0 Å². The topological polar surface area (TPSA) is 147 Å². The molecule has 0 saturated carbocycles. The number of likely N-dealkylation sites (tertiary alicyclic amines) is 1. The van der Waals surface area contributed by atoms with Crippen molar-refractivity contribution in [2.75, 3.05) is 13.1 Å². The van der Waals surface area contributed by atoms with Crippen molar-refractivity contribution >= 4 is 33.4 Å². The molecule has 2 atom stereocenters. The van der Waals surface area contributed by atoms with E-state index in [4.69, 9.17) is 22.1 Å². The quantitative estimate of drug-likeness (QED) is 0.624. The number of sulfone groups is 1. The van der Waals surface area contributed by atoms with Crippen LogP contribution in [0.25, 0.3) is 0 Å². The van der Waals surface area contributed by atoms with Crippen LogP contribution in [0.15, 0.2) is 53.4 Å². The first-order chi connectivity index (χ1) is 14.0. The molecule has 4 N–H and O–H groups in total. The second-order valence-corrected chi connectivity index (χ2v) is 9.41. The van der Waals surface area contributed by atoms with E-state index in [0.29, 0.717) is 16.5 Å². The van der Waals surface area contributed by atoms with Crippen LogP contribution in [0.3, 0.4) is 0 Å². The summed E-state index contributed by atoms with van der Waals surface area (Å²) < 4.78 is 31.8. The molecule has 2 aromatic carbocycles. The molecule has 2 unspecified atom stereocenters. The Hall–Kier alpha value is -2.82. The fourth-order valence-corrected chi connectivity index (χ4v) is 5.36. The zero-order chi connectivity index (χ0) is 22.1. The SMILES string of the molecule is NC(=O)N1CCC(S(=O)(=O)c2ccc(Oc3ccc(Cl)cc3)cc2)C(O)(C(=O)O)C1.